The summed E-state index contributed by atoms with van der Waals surface area (Å²) < 4.78 is 1.84. The normalized spacial score (nSPS) is 11.5. The number of fused-ring (bicyclic) bond motifs is 1. The van der Waals surface area contributed by atoms with Gasteiger partial charge in [0.25, 0.3) is 0 Å². The number of pyridine rings is 1. The van der Waals surface area contributed by atoms with E-state index in [1.807, 2.05) is 24.0 Å². The molecule has 0 saturated carbocycles. The van der Waals surface area contributed by atoms with Gasteiger partial charge in [-0.2, -0.15) is 10.2 Å². The maximum atomic E-state index is 6.08. The van der Waals surface area contributed by atoms with Crippen molar-refractivity contribution in [2.24, 2.45) is 17.3 Å². The molecule has 2 heterocycles. The number of benzene rings is 2. The largest absolute Gasteiger partial charge is 0.384 e. The van der Waals surface area contributed by atoms with Crippen LogP contribution >= 0.6 is 11.6 Å². The SMILES string of the molecule is Cn1ncc2ccc(Cc3cc(N)nc(N)c3N=Nc3ccc(Cl)cc3)cc21. The van der Waals surface area contributed by atoms with E-state index in [1.165, 1.54) is 0 Å². The van der Waals surface area contributed by atoms with E-state index >= 15 is 0 Å². The van der Waals surface area contributed by atoms with E-state index < -0.39 is 0 Å². The first-order chi connectivity index (χ1) is 13.5. The van der Waals surface area contributed by atoms with E-state index in [1.54, 1.807) is 30.3 Å². The van der Waals surface area contributed by atoms with E-state index in [9.17, 15) is 0 Å². The zero-order chi connectivity index (χ0) is 19.7. The van der Waals surface area contributed by atoms with Gasteiger partial charge in [0.1, 0.15) is 11.5 Å². The van der Waals surface area contributed by atoms with E-state index in [2.05, 4.69) is 32.4 Å². The fourth-order valence-electron chi connectivity index (χ4n) is 3.02. The molecule has 7 nitrogen and oxygen atoms in total. The van der Waals surface area contributed by atoms with Crippen LogP contribution < -0.4 is 11.5 Å². The van der Waals surface area contributed by atoms with E-state index in [-0.39, 0.29) is 5.82 Å². The second-order valence-electron chi connectivity index (χ2n) is 6.45. The van der Waals surface area contributed by atoms with Gasteiger partial charge in [-0.05, 0) is 53.9 Å². The van der Waals surface area contributed by atoms with Gasteiger partial charge in [0.15, 0.2) is 5.82 Å². The number of aromatic nitrogens is 3. The van der Waals surface area contributed by atoms with Crippen molar-refractivity contribution in [1.29, 1.82) is 0 Å². The third-order valence-corrected chi connectivity index (χ3v) is 4.67. The van der Waals surface area contributed by atoms with Gasteiger partial charge in [-0.15, -0.1) is 5.11 Å². The molecule has 0 saturated heterocycles. The highest BCUT2D eigenvalue weighted by molar-refractivity contribution is 6.30. The Hall–Kier alpha value is -3.45. The predicted octanol–water partition coefficient (Wildman–Crippen LogP) is 4.79. The topological polar surface area (TPSA) is 107 Å². The van der Waals surface area contributed by atoms with Crippen molar-refractivity contribution in [1.82, 2.24) is 14.8 Å². The second kappa shape index (κ2) is 7.28. The van der Waals surface area contributed by atoms with Crippen LogP contribution in [0.2, 0.25) is 5.02 Å². The minimum atomic E-state index is 0.245. The van der Waals surface area contributed by atoms with Gasteiger partial charge in [-0.3, -0.25) is 4.68 Å². The van der Waals surface area contributed by atoms with Gasteiger partial charge in [0, 0.05) is 17.5 Å². The molecule has 28 heavy (non-hydrogen) atoms. The van der Waals surface area contributed by atoms with Crippen LogP contribution in [0, 0.1) is 0 Å². The second-order valence-corrected chi connectivity index (χ2v) is 6.89. The monoisotopic (exact) mass is 391 g/mol. The molecule has 0 fully saturated rings. The summed E-state index contributed by atoms with van der Waals surface area (Å²) in [5.41, 5.74) is 16.2. The third-order valence-electron chi connectivity index (χ3n) is 4.42. The maximum Gasteiger partial charge on any atom is 0.154 e. The van der Waals surface area contributed by atoms with Crippen molar-refractivity contribution in [2.45, 2.75) is 6.42 Å². The molecular weight excluding hydrogens is 374 g/mol. The van der Waals surface area contributed by atoms with E-state index in [0.29, 0.717) is 28.6 Å². The first kappa shape index (κ1) is 17.9. The predicted molar refractivity (Wildman–Crippen MR) is 112 cm³/mol. The standard InChI is InChI=1S/C20H18ClN7/c1-28-17-9-12(2-3-13(17)11-24-28)8-14-10-18(22)25-20(23)19(14)27-26-16-6-4-15(21)5-7-16/h2-7,9-11H,8H2,1H3,(H4,22,23,25). The number of nitrogens with two attached hydrogens (primary N) is 2. The molecule has 4 aromatic rings. The molecule has 140 valence electrons. The molecule has 0 unspecified atom stereocenters. The molecule has 0 bridgehead atoms. The Morgan fingerprint density at radius 2 is 1.82 bits per heavy atom. The molecule has 4 rings (SSSR count). The lowest BCUT2D eigenvalue weighted by atomic mass is 10.0. The van der Waals surface area contributed by atoms with Gasteiger partial charge >= 0.3 is 0 Å². The maximum absolute atomic E-state index is 6.08. The van der Waals surface area contributed by atoms with Gasteiger partial charge in [0.2, 0.25) is 0 Å². The Labute approximate surface area is 166 Å². The number of nitrogen functional groups attached to an aromatic ring is 2. The Bertz CT molecular complexity index is 1180. The van der Waals surface area contributed by atoms with Crippen LogP contribution in [0.3, 0.4) is 0 Å². The average Bonchev–Trinajstić information content (AvgIpc) is 3.03. The summed E-state index contributed by atoms with van der Waals surface area (Å²) in [6.07, 6.45) is 2.43. The molecule has 8 heteroatoms. The number of anilines is 2. The summed E-state index contributed by atoms with van der Waals surface area (Å²) in [5.74, 6) is 0.592. The van der Waals surface area contributed by atoms with Gasteiger partial charge in [-0.1, -0.05) is 23.7 Å². The molecule has 0 aliphatic carbocycles. The summed E-state index contributed by atoms with van der Waals surface area (Å²) in [5, 5.41) is 14.6. The van der Waals surface area contributed by atoms with Crippen LogP contribution in [0.15, 0.2) is 65.0 Å². The number of halogens is 1. The van der Waals surface area contributed by atoms with Crippen molar-refractivity contribution in [3.63, 3.8) is 0 Å². The molecule has 4 N–H and O–H groups in total. The van der Waals surface area contributed by atoms with Crippen LogP contribution in [0.1, 0.15) is 11.1 Å². The highest BCUT2D eigenvalue weighted by Crippen LogP contribution is 2.31. The lowest BCUT2D eigenvalue weighted by molar-refractivity contribution is 0.796. The van der Waals surface area contributed by atoms with Crippen molar-refractivity contribution in [3.05, 3.63) is 70.9 Å². The molecule has 0 amide bonds. The van der Waals surface area contributed by atoms with Gasteiger partial charge < -0.3 is 11.5 Å². The van der Waals surface area contributed by atoms with E-state index in [0.717, 1.165) is 22.0 Å². The molecule has 2 aromatic heterocycles. The Balaban J connectivity index is 1.71. The summed E-state index contributed by atoms with van der Waals surface area (Å²) in [6.45, 7) is 0. The molecule has 0 atom stereocenters. The summed E-state index contributed by atoms with van der Waals surface area (Å²) in [4.78, 5) is 4.12. The number of azo groups is 1. The van der Waals surface area contributed by atoms with Crippen molar-refractivity contribution in [3.8, 4) is 0 Å². The van der Waals surface area contributed by atoms with Crippen LogP contribution in [-0.4, -0.2) is 14.8 Å². The lowest BCUT2D eigenvalue weighted by Crippen LogP contribution is -2.01. The first-order valence-electron chi connectivity index (χ1n) is 8.62. The average molecular weight is 392 g/mol. The number of nitrogens with zero attached hydrogens (tertiary/aromatic N) is 5. The lowest BCUT2D eigenvalue weighted by Gasteiger charge is -2.09. The zero-order valence-corrected chi connectivity index (χ0v) is 15.9. The number of hydrogen-bond acceptors (Lipinski definition) is 6. The van der Waals surface area contributed by atoms with Crippen LogP contribution in [-0.2, 0) is 13.5 Å². The van der Waals surface area contributed by atoms with E-state index in [4.69, 9.17) is 23.1 Å². The Morgan fingerprint density at radius 1 is 1.04 bits per heavy atom. The first-order valence-corrected chi connectivity index (χ1v) is 9.00. The number of aryl methyl sites for hydroxylation is 1. The molecule has 0 aliphatic rings. The fourth-order valence-corrected chi connectivity index (χ4v) is 3.15. The minimum absolute atomic E-state index is 0.245. The Kier molecular flexibility index (Phi) is 4.67. The van der Waals surface area contributed by atoms with Crippen LogP contribution in [0.25, 0.3) is 10.9 Å². The quantitative estimate of drug-likeness (QED) is 0.487. The summed E-state index contributed by atoms with van der Waals surface area (Å²) >= 11 is 5.91. The number of rotatable bonds is 4. The smallest absolute Gasteiger partial charge is 0.154 e. The zero-order valence-electron chi connectivity index (χ0n) is 15.2. The highest BCUT2D eigenvalue weighted by atomic mass is 35.5. The van der Waals surface area contributed by atoms with Crippen LogP contribution in [0.5, 0.6) is 0 Å². The number of hydrogen-bond donors (Lipinski definition) is 2. The molecular formula is C20H18ClN7. The van der Waals surface area contributed by atoms with Crippen molar-refractivity contribution >= 4 is 45.5 Å². The van der Waals surface area contributed by atoms with Crippen molar-refractivity contribution < 1.29 is 0 Å². The highest BCUT2D eigenvalue weighted by Gasteiger charge is 2.11. The molecule has 0 radical (unpaired) electrons. The third kappa shape index (κ3) is 3.65. The molecule has 2 aromatic carbocycles. The summed E-state index contributed by atoms with van der Waals surface area (Å²) in [7, 11) is 1.92. The van der Waals surface area contributed by atoms with Gasteiger partial charge in [0.05, 0.1) is 17.4 Å². The summed E-state index contributed by atoms with van der Waals surface area (Å²) in [6, 6.07) is 15.0. The minimum Gasteiger partial charge on any atom is -0.384 e. The van der Waals surface area contributed by atoms with Crippen molar-refractivity contribution in [2.75, 3.05) is 11.5 Å². The van der Waals surface area contributed by atoms with Gasteiger partial charge in [-0.25, -0.2) is 4.98 Å². The molecule has 0 aliphatic heterocycles. The van der Waals surface area contributed by atoms with Crippen LogP contribution in [0.4, 0.5) is 23.0 Å². The molecule has 0 spiro atoms. The fraction of sp³-hybridized carbons (Fsp3) is 0.100. The Morgan fingerprint density at radius 3 is 2.61 bits per heavy atom.